The molecule has 0 amide bonds. The molecule has 1 aromatic carbocycles. The first-order valence-corrected chi connectivity index (χ1v) is 6.69. The van der Waals surface area contributed by atoms with Crippen LogP contribution < -0.4 is 5.32 Å². The van der Waals surface area contributed by atoms with Gasteiger partial charge in [0.25, 0.3) is 0 Å². The second kappa shape index (κ2) is 8.45. The van der Waals surface area contributed by atoms with Crippen LogP contribution in [0.1, 0.15) is 31.9 Å². The van der Waals surface area contributed by atoms with E-state index in [2.05, 4.69) is 5.32 Å². The van der Waals surface area contributed by atoms with Gasteiger partial charge >= 0.3 is 5.97 Å². The molecule has 0 aliphatic heterocycles. The minimum absolute atomic E-state index is 0.232. The number of carboxylic acid groups (broad SMARTS) is 1. The fourth-order valence-electron chi connectivity index (χ4n) is 1.96. The maximum Gasteiger partial charge on any atom is 0.320 e. The van der Waals surface area contributed by atoms with Gasteiger partial charge < -0.3 is 14.6 Å². The molecular formula is C15H21NO4. The van der Waals surface area contributed by atoms with Gasteiger partial charge in [0.1, 0.15) is 12.3 Å². The van der Waals surface area contributed by atoms with Crippen molar-refractivity contribution in [2.45, 2.75) is 38.5 Å². The van der Waals surface area contributed by atoms with E-state index in [1.807, 2.05) is 37.3 Å². The van der Waals surface area contributed by atoms with Crippen LogP contribution in [0, 0.1) is 0 Å². The lowest BCUT2D eigenvalue weighted by Crippen LogP contribution is -2.43. The van der Waals surface area contributed by atoms with E-state index in [-0.39, 0.29) is 6.10 Å². The van der Waals surface area contributed by atoms with Crippen molar-refractivity contribution in [3.8, 4) is 0 Å². The third-order valence-electron chi connectivity index (χ3n) is 3.01. The van der Waals surface area contributed by atoms with Crippen LogP contribution in [-0.2, 0) is 14.3 Å². The van der Waals surface area contributed by atoms with Crippen molar-refractivity contribution in [3.05, 3.63) is 35.9 Å². The highest BCUT2D eigenvalue weighted by Gasteiger charge is 2.21. The average molecular weight is 279 g/mol. The molecular weight excluding hydrogens is 258 g/mol. The van der Waals surface area contributed by atoms with Crippen molar-refractivity contribution in [3.63, 3.8) is 0 Å². The zero-order valence-corrected chi connectivity index (χ0v) is 11.8. The van der Waals surface area contributed by atoms with E-state index < -0.39 is 18.1 Å². The summed E-state index contributed by atoms with van der Waals surface area (Å²) in [7, 11) is 0. The number of carboxylic acids is 1. The lowest BCUT2D eigenvalue weighted by molar-refractivity contribution is -0.139. The van der Waals surface area contributed by atoms with Crippen LogP contribution in [0.15, 0.2) is 30.3 Å². The summed E-state index contributed by atoms with van der Waals surface area (Å²) in [5.41, 5.74) is 0.978. The Bertz CT molecular complexity index is 421. The Balaban J connectivity index is 2.72. The third kappa shape index (κ3) is 5.11. The summed E-state index contributed by atoms with van der Waals surface area (Å²) in [5, 5.41) is 11.6. The molecule has 0 heterocycles. The number of hydrogen-bond donors (Lipinski definition) is 2. The maximum absolute atomic E-state index is 11.1. The molecule has 110 valence electrons. The van der Waals surface area contributed by atoms with Gasteiger partial charge in [0.15, 0.2) is 0 Å². The summed E-state index contributed by atoms with van der Waals surface area (Å²) in [6, 6.07) is 8.26. The largest absolute Gasteiger partial charge is 0.480 e. The first-order valence-electron chi connectivity index (χ1n) is 6.69. The van der Waals surface area contributed by atoms with E-state index in [0.29, 0.717) is 13.0 Å². The van der Waals surface area contributed by atoms with Crippen molar-refractivity contribution >= 4 is 12.3 Å². The van der Waals surface area contributed by atoms with Gasteiger partial charge in [-0.15, -0.1) is 0 Å². The minimum atomic E-state index is -0.982. The van der Waals surface area contributed by atoms with Gasteiger partial charge in [-0.2, -0.15) is 0 Å². The molecule has 20 heavy (non-hydrogen) atoms. The summed E-state index contributed by atoms with van der Waals surface area (Å²) < 4.78 is 5.66. The summed E-state index contributed by atoms with van der Waals surface area (Å²) in [6.45, 7) is 3.93. The number of rotatable bonds is 9. The van der Waals surface area contributed by atoms with Crippen LogP contribution in [-0.4, -0.2) is 36.1 Å². The molecule has 0 saturated carbocycles. The molecule has 5 heteroatoms. The number of benzene rings is 1. The van der Waals surface area contributed by atoms with Gasteiger partial charge in [-0.3, -0.25) is 10.1 Å². The van der Waals surface area contributed by atoms with Crippen LogP contribution in [0.3, 0.4) is 0 Å². The van der Waals surface area contributed by atoms with E-state index in [1.165, 1.54) is 6.92 Å². The normalized spacial score (nSPS) is 15.3. The second-order valence-electron chi connectivity index (χ2n) is 4.56. The zero-order chi connectivity index (χ0) is 15.0. The number of aliphatic carboxylic acids is 1. The summed E-state index contributed by atoms with van der Waals surface area (Å²) in [4.78, 5) is 21.9. The number of ether oxygens (including phenoxy) is 1. The Hall–Kier alpha value is -1.72. The monoisotopic (exact) mass is 279 g/mol. The molecule has 5 nitrogen and oxygen atoms in total. The van der Waals surface area contributed by atoms with Gasteiger partial charge in [0.2, 0.25) is 0 Å². The van der Waals surface area contributed by atoms with E-state index in [4.69, 9.17) is 9.84 Å². The topological polar surface area (TPSA) is 75.6 Å². The molecule has 0 spiro atoms. The Labute approximate surface area is 118 Å². The quantitative estimate of drug-likeness (QED) is 0.674. The molecule has 0 aromatic heterocycles. The second-order valence-corrected chi connectivity index (χ2v) is 4.56. The molecule has 0 bridgehead atoms. The number of carbonyl (C=O) groups is 2. The molecule has 0 aliphatic rings. The molecule has 0 saturated heterocycles. The summed E-state index contributed by atoms with van der Waals surface area (Å²) in [6.07, 6.45) is 0.901. The van der Waals surface area contributed by atoms with Crippen LogP contribution >= 0.6 is 0 Å². The predicted molar refractivity (Wildman–Crippen MR) is 75.5 cm³/mol. The molecule has 0 radical (unpaired) electrons. The van der Waals surface area contributed by atoms with Gasteiger partial charge in [0.05, 0.1) is 12.1 Å². The number of nitrogens with one attached hydrogen (secondary N) is 1. The Morgan fingerprint density at radius 2 is 2.05 bits per heavy atom. The summed E-state index contributed by atoms with van der Waals surface area (Å²) in [5.74, 6) is -0.982. The average Bonchev–Trinajstić information content (AvgIpc) is 2.46. The fraction of sp³-hybridized carbons (Fsp3) is 0.467. The SMILES string of the molecule is CCOC(C[C@@H](C=O)N[C@@H](C)C(=O)O)c1ccccc1. The van der Waals surface area contributed by atoms with Crippen molar-refractivity contribution in [2.75, 3.05) is 6.61 Å². The highest BCUT2D eigenvalue weighted by atomic mass is 16.5. The standard InChI is InChI=1S/C15H21NO4/c1-3-20-14(12-7-5-4-6-8-12)9-13(10-17)16-11(2)15(18)19/h4-8,10-11,13-14,16H,3,9H2,1-2H3,(H,18,19)/t11-,13-,14?/m0/s1. The lowest BCUT2D eigenvalue weighted by atomic mass is 10.0. The maximum atomic E-state index is 11.1. The highest BCUT2D eigenvalue weighted by Crippen LogP contribution is 2.22. The van der Waals surface area contributed by atoms with Crippen LogP contribution in [0.2, 0.25) is 0 Å². The Morgan fingerprint density at radius 3 is 2.55 bits per heavy atom. The predicted octanol–water partition coefficient (Wildman–Crippen LogP) is 1.78. The van der Waals surface area contributed by atoms with Crippen LogP contribution in [0.25, 0.3) is 0 Å². The van der Waals surface area contributed by atoms with Crippen molar-refractivity contribution < 1.29 is 19.4 Å². The number of carbonyl (C=O) groups excluding carboxylic acids is 1. The molecule has 3 atom stereocenters. The molecule has 2 N–H and O–H groups in total. The van der Waals surface area contributed by atoms with Crippen LogP contribution in [0.4, 0.5) is 0 Å². The van der Waals surface area contributed by atoms with Gasteiger partial charge in [0, 0.05) is 6.61 Å². The Kier molecular flexibility index (Phi) is 6.90. The van der Waals surface area contributed by atoms with E-state index >= 15 is 0 Å². The van der Waals surface area contributed by atoms with Gasteiger partial charge in [-0.1, -0.05) is 30.3 Å². The zero-order valence-electron chi connectivity index (χ0n) is 11.8. The van der Waals surface area contributed by atoms with Crippen molar-refractivity contribution in [1.29, 1.82) is 0 Å². The van der Waals surface area contributed by atoms with Gasteiger partial charge in [-0.05, 0) is 25.8 Å². The molecule has 1 aromatic rings. The third-order valence-corrected chi connectivity index (χ3v) is 3.01. The van der Waals surface area contributed by atoms with Crippen molar-refractivity contribution in [1.82, 2.24) is 5.32 Å². The molecule has 1 rings (SSSR count). The molecule has 0 aliphatic carbocycles. The molecule has 0 fully saturated rings. The smallest absolute Gasteiger partial charge is 0.320 e. The number of hydrogen-bond acceptors (Lipinski definition) is 4. The van der Waals surface area contributed by atoms with Crippen LogP contribution in [0.5, 0.6) is 0 Å². The van der Waals surface area contributed by atoms with E-state index in [1.54, 1.807) is 0 Å². The first-order chi connectivity index (χ1) is 9.58. The van der Waals surface area contributed by atoms with E-state index in [9.17, 15) is 9.59 Å². The first kappa shape index (κ1) is 16.3. The Morgan fingerprint density at radius 1 is 1.40 bits per heavy atom. The fourth-order valence-corrected chi connectivity index (χ4v) is 1.96. The lowest BCUT2D eigenvalue weighted by Gasteiger charge is -2.23. The van der Waals surface area contributed by atoms with Crippen molar-refractivity contribution in [2.24, 2.45) is 0 Å². The minimum Gasteiger partial charge on any atom is -0.480 e. The molecule has 1 unspecified atom stereocenters. The number of aldehydes is 1. The van der Waals surface area contributed by atoms with E-state index in [0.717, 1.165) is 11.8 Å². The summed E-state index contributed by atoms with van der Waals surface area (Å²) >= 11 is 0. The highest BCUT2D eigenvalue weighted by molar-refractivity contribution is 5.73. The van der Waals surface area contributed by atoms with Gasteiger partial charge in [-0.25, -0.2) is 0 Å².